The van der Waals surface area contributed by atoms with Crippen molar-refractivity contribution in [3.05, 3.63) is 0 Å². The maximum atomic E-state index is 12.4. The topological polar surface area (TPSA) is 231 Å². The molecule has 0 rings (SSSR count). The molecule has 0 aromatic carbocycles. The highest BCUT2D eigenvalue weighted by molar-refractivity contribution is 5.94. The lowest BCUT2D eigenvalue weighted by Crippen LogP contribution is -2.56. The van der Waals surface area contributed by atoms with Gasteiger partial charge in [0.2, 0.25) is 23.6 Å². The predicted octanol–water partition coefficient (Wildman–Crippen LogP) is -3.37. The van der Waals surface area contributed by atoms with Crippen LogP contribution in [0.25, 0.3) is 0 Å². The average Bonchev–Trinajstić information content (AvgIpc) is 2.60. The summed E-state index contributed by atoms with van der Waals surface area (Å²) in [5.74, 6) is -5.78. The van der Waals surface area contributed by atoms with Gasteiger partial charge in [-0.2, -0.15) is 0 Å². The van der Waals surface area contributed by atoms with Gasteiger partial charge in [0.15, 0.2) is 0 Å². The number of carbonyl (C=O) groups excluding carboxylic acids is 4. The highest BCUT2D eigenvalue weighted by atomic mass is 16.4. The number of hydrogen-bond donors (Lipinski definition) is 7. The number of rotatable bonds is 13. The molecular weight excluding hydrogens is 378 g/mol. The van der Waals surface area contributed by atoms with E-state index in [1.165, 1.54) is 6.92 Å². The van der Waals surface area contributed by atoms with Gasteiger partial charge in [0.05, 0.1) is 6.54 Å². The first-order valence-corrected chi connectivity index (χ1v) is 8.31. The molecule has 0 aliphatic heterocycles. The lowest BCUT2D eigenvalue weighted by molar-refractivity contribution is -0.142. The van der Waals surface area contributed by atoms with Crippen molar-refractivity contribution in [1.29, 1.82) is 0 Å². The summed E-state index contributed by atoms with van der Waals surface area (Å²) in [5, 5.41) is 24.3. The molecule has 0 aliphatic rings. The Morgan fingerprint density at radius 3 is 1.82 bits per heavy atom. The Balaban J connectivity index is 5.27. The number of carboxylic acids is 2. The van der Waals surface area contributed by atoms with E-state index < -0.39 is 66.7 Å². The summed E-state index contributed by atoms with van der Waals surface area (Å²) >= 11 is 0. The number of amides is 4. The van der Waals surface area contributed by atoms with Crippen LogP contribution in [-0.4, -0.2) is 70.5 Å². The summed E-state index contributed by atoms with van der Waals surface area (Å²) in [6, 6.07) is -3.91. The van der Waals surface area contributed by atoms with Crippen LogP contribution >= 0.6 is 0 Å². The Kier molecular flexibility index (Phi) is 10.8. The summed E-state index contributed by atoms with van der Waals surface area (Å²) in [6.07, 6.45) is -1.23. The average molecular weight is 403 g/mol. The van der Waals surface area contributed by atoms with Crippen molar-refractivity contribution in [2.45, 2.75) is 50.7 Å². The molecule has 28 heavy (non-hydrogen) atoms. The molecule has 158 valence electrons. The number of carbonyl (C=O) groups is 6. The maximum Gasteiger partial charge on any atom is 0.325 e. The summed E-state index contributed by atoms with van der Waals surface area (Å²) < 4.78 is 0. The molecule has 13 heteroatoms. The van der Waals surface area contributed by atoms with Gasteiger partial charge in [0, 0.05) is 12.8 Å². The lowest BCUT2D eigenvalue weighted by atomic mass is 10.1. The molecule has 0 spiro atoms. The minimum absolute atomic E-state index is 0.175. The molecule has 0 saturated heterocycles. The second-order valence-electron chi connectivity index (χ2n) is 5.89. The molecular formula is C15H25N5O8. The highest BCUT2D eigenvalue weighted by Gasteiger charge is 2.28. The van der Waals surface area contributed by atoms with Gasteiger partial charge in [0.25, 0.3) is 0 Å². The van der Waals surface area contributed by atoms with E-state index in [1.54, 1.807) is 0 Å². The van der Waals surface area contributed by atoms with Crippen molar-refractivity contribution in [3.63, 3.8) is 0 Å². The van der Waals surface area contributed by atoms with Crippen LogP contribution in [0, 0.1) is 0 Å². The van der Waals surface area contributed by atoms with Crippen molar-refractivity contribution in [2.24, 2.45) is 11.5 Å². The van der Waals surface area contributed by atoms with Gasteiger partial charge < -0.3 is 37.6 Å². The molecule has 3 atom stereocenters. The smallest absolute Gasteiger partial charge is 0.325 e. The van der Waals surface area contributed by atoms with Crippen LogP contribution in [0.2, 0.25) is 0 Å². The van der Waals surface area contributed by atoms with Crippen LogP contribution in [-0.2, 0) is 28.8 Å². The molecule has 0 heterocycles. The van der Waals surface area contributed by atoms with Crippen LogP contribution in [0.3, 0.4) is 0 Å². The van der Waals surface area contributed by atoms with Crippen LogP contribution in [0.15, 0.2) is 0 Å². The zero-order valence-electron chi connectivity index (χ0n) is 15.3. The van der Waals surface area contributed by atoms with E-state index in [9.17, 15) is 28.8 Å². The van der Waals surface area contributed by atoms with Crippen molar-refractivity contribution < 1.29 is 39.0 Å². The summed E-state index contributed by atoms with van der Waals surface area (Å²) in [4.78, 5) is 68.7. The normalized spacial score (nSPS) is 13.5. The fraction of sp³-hybridized carbons (Fsp3) is 0.600. The Morgan fingerprint density at radius 1 is 0.857 bits per heavy atom. The summed E-state index contributed by atoms with van der Waals surface area (Å²) in [5.41, 5.74) is 10.2. The fourth-order valence-electron chi connectivity index (χ4n) is 1.99. The Labute approximate surface area is 160 Å². The van der Waals surface area contributed by atoms with E-state index in [1.807, 2.05) is 0 Å². The fourth-order valence-corrected chi connectivity index (χ4v) is 1.99. The summed E-state index contributed by atoms with van der Waals surface area (Å²) in [6.45, 7) is 0.757. The third kappa shape index (κ3) is 10.1. The minimum atomic E-state index is -1.38. The van der Waals surface area contributed by atoms with E-state index in [4.69, 9.17) is 21.7 Å². The number of hydrogen-bond acceptors (Lipinski definition) is 7. The minimum Gasteiger partial charge on any atom is -0.481 e. The van der Waals surface area contributed by atoms with E-state index in [-0.39, 0.29) is 19.3 Å². The number of aliphatic carboxylic acids is 2. The quantitative estimate of drug-likeness (QED) is 0.162. The largest absolute Gasteiger partial charge is 0.481 e. The highest BCUT2D eigenvalue weighted by Crippen LogP contribution is 2.03. The monoisotopic (exact) mass is 403 g/mol. The first-order chi connectivity index (χ1) is 13.0. The van der Waals surface area contributed by atoms with Crippen LogP contribution < -0.4 is 27.4 Å². The van der Waals surface area contributed by atoms with Gasteiger partial charge in [-0.05, 0) is 19.8 Å². The van der Waals surface area contributed by atoms with Crippen molar-refractivity contribution >= 4 is 35.6 Å². The van der Waals surface area contributed by atoms with E-state index in [0.717, 1.165) is 0 Å². The third-order valence-electron chi connectivity index (χ3n) is 3.53. The van der Waals surface area contributed by atoms with Gasteiger partial charge >= 0.3 is 11.9 Å². The first kappa shape index (κ1) is 24.8. The second kappa shape index (κ2) is 12.2. The number of nitrogens with two attached hydrogens (primary N) is 2. The van der Waals surface area contributed by atoms with Crippen molar-refractivity contribution in [2.75, 3.05) is 6.54 Å². The summed E-state index contributed by atoms with van der Waals surface area (Å²) in [7, 11) is 0. The zero-order valence-corrected chi connectivity index (χ0v) is 15.3. The molecule has 4 amide bonds. The standard InChI is InChI=1S/C15H25N5O8/c1-7(15(27)28)18-13(25)9(3-5-12(23)24)20-14(26)8(2-4-10(17)21)19-11(22)6-16/h7-9H,2-6,16H2,1H3,(H2,17,21)(H,18,25)(H,19,22)(H,20,26)(H,23,24)(H,27,28). The van der Waals surface area contributed by atoms with Crippen LogP contribution in [0.5, 0.6) is 0 Å². The molecule has 0 saturated carbocycles. The van der Waals surface area contributed by atoms with Gasteiger partial charge in [-0.3, -0.25) is 28.8 Å². The van der Waals surface area contributed by atoms with E-state index in [0.29, 0.717) is 0 Å². The van der Waals surface area contributed by atoms with Gasteiger partial charge in [-0.25, -0.2) is 0 Å². The second-order valence-corrected chi connectivity index (χ2v) is 5.89. The predicted molar refractivity (Wildman–Crippen MR) is 93.5 cm³/mol. The maximum absolute atomic E-state index is 12.4. The van der Waals surface area contributed by atoms with E-state index in [2.05, 4.69) is 16.0 Å². The molecule has 0 bridgehead atoms. The Bertz CT molecular complexity index is 624. The van der Waals surface area contributed by atoms with Crippen molar-refractivity contribution in [3.8, 4) is 0 Å². The Morgan fingerprint density at radius 2 is 1.36 bits per heavy atom. The molecule has 3 unspecified atom stereocenters. The lowest BCUT2D eigenvalue weighted by Gasteiger charge is -2.23. The van der Waals surface area contributed by atoms with Crippen LogP contribution in [0.1, 0.15) is 32.6 Å². The van der Waals surface area contributed by atoms with Crippen LogP contribution in [0.4, 0.5) is 0 Å². The molecule has 13 nitrogen and oxygen atoms in total. The van der Waals surface area contributed by atoms with Gasteiger partial charge in [-0.15, -0.1) is 0 Å². The van der Waals surface area contributed by atoms with Gasteiger partial charge in [-0.1, -0.05) is 0 Å². The molecule has 0 aliphatic carbocycles. The third-order valence-corrected chi connectivity index (χ3v) is 3.53. The molecule has 0 aromatic heterocycles. The van der Waals surface area contributed by atoms with E-state index >= 15 is 0 Å². The Hall–Kier alpha value is -3.22. The number of nitrogens with one attached hydrogen (secondary N) is 3. The van der Waals surface area contributed by atoms with Crippen molar-refractivity contribution in [1.82, 2.24) is 16.0 Å². The SMILES string of the molecule is CC(NC(=O)C(CCC(=O)O)NC(=O)C(CCC(N)=O)NC(=O)CN)C(=O)O. The first-order valence-electron chi connectivity index (χ1n) is 8.31. The zero-order chi connectivity index (χ0) is 21.9. The number of primary amides is 1. The number of carboxylic acid groups (broad SMARTS) is 2. The molecule has 0 fully saturated rings. The molecule has 0 radical (unpaired) electrons. The molecule has 0 aromatic rings. The molecule has 9 N–H and O–H groups in total. The van der Waals surface area contributed by atoms with Gasteiger partial charge in [0.1, 0.15) is 18.1 Å².